The summed E-state index contributed by atoms with van der Waals surface area (Å²) in [5, 5.41) is 12.9. The van der Waals surface area contributed by atoms with Crippen molar-refractivity contribution < 1.29 is 13.5 Å². The Kier molecular flexibility index (Phi) is 3.43. The van der Waals surface area contributed by atoms with Gasteiger partial charge in [-0.3, -0.25) is 0 Å². The standard InChI is InChI=1S/C15H10F2N4O/c1-22-13-5-3-2-4-10(13)11-6-12(14(16)17)21-15(20-11)9(7-18)8-19-21/h2-6,8,14H,1H3. The Morgan fingerprint density at radius 2 is 2.09 bits per heavy atom. The van der Waals surface area contributed by atoms with Crippen molar-refractivity contribution in [2.24, 2.45) is 0 Å². The summed E-state index contributed by atoms with van der Waals surface area (Å²) in [6, 6.07) is 10.1. The lowest BCUT2D eigenvalue weighted by atomic mass is 10.1. The van der Waals surface area contributed by atoms with Crippen LogP contribution in [-0.4, -0.2) is 21.7 Å². The Hall–Kier alpha value is -3.01. The molecule has 0 aliphatic carbocycles. The number of hydrogen-bond acceptors (Lipinski definition) is 4. The van der Waals surface area contributed by atoms with Crippen molar-refractivity contribution in [2.75, 3.05) is 7.11 Å². The number of ether oxygens (including phenoxy) is 1. The molecule has 5 nitrogen and oxygen atoms in total. The average Bonchev–Trinajstić information content (AvgIpc) is 2.96. The normalized spacial score (nSPS) is 10.9. The zero-order valence-corrected chi connectivity index (χ0v) is 11.5. The molecule has 7 heteroatoms. The Balaban J connectivity index is 2.33. The number of nitriles is 1. The van der Waals surface area contributed by atoms with Crippen molar-refractivity contribution in [1.29, 1.82) is 5.26 Å². The minimum absolute atomic E-state index is 0.0983. The van der Waals surface area contributed by atoms with Crippen LogP contribution >= 0.6 is 0 Å². The van der Waals surface area contributed by atoms with Crippen LogP contribution in [0.3, 0.4) is 0 Å². The van der Waals surface area contributed by atoms with E-state index in [1.807, 2.05) is 6.07 Å². The summed E-state index contributed by atoms with van der Waals surface area (Å²) in [7, 11) is 1.49. The minimum atomic E-state index is -2.74. The Morgan fingerprint density at radius 3 is 2.77 bits per heavy atom. The van der Waals surface area contributed by atoms with Crippen molar-refractivity contribution in [3.8, 4) is 23.1 Å². The van der Waals surface area contributed by atoms with Gasteiger partial charge in [-0.1, -0.05) is 12.1 Å². The number of alkyl halides is 2. The number of aromatic nitrogens is 3. The maximum absolute atomic E-state index is 13.3. The molecule has 3 aromatic rings. The zero-order valence-electron chi connectivity index (χ0n) is 11.5. The van der Waals surface area contributed by atoms with Crippen LogP contribution in [0.15, 0.2) is 36.5 Å². The first-order valence-electron chi connectivity index (χ1n) is 6.36. The van der Waals surface area contributed by atoms with Gasteiger partial charge >= 0.3 is 0 Å². The van der Waals surface area contributed by atoms with Crippen molar-refractivity contribution in [1.82, 2.24) is 14.6 Å². The third-order valence-corrected chi connectivity index (χ3v) is 3.23. The number of rotatable bonds is 3. The molecule has 1 aromatic carbocycles. The number of hydrogen-bond donors (Lipinski definition) is 0. The molecule has 0 unspecified atom stereocenters. The number of fused-ring (bicyclic) bond motifs is 1. The van der Waals surface area contributed by atoms with Crippen LogP contribution in [0.25, 0.3) is 16.9 Å². The first-order valence-corrected chi connectivity index (χ1v) is 6.36. The molecule has 0 atom stereocenters. The van der Waals surface area contributed by atoms with Gasteiger partial charge in [0.2, 0.25) is 0 Å². The molecule has 0 aliphatic rings. The Labute approximate surface area is 124 Å². The molecule has 0 aliphatic heterocycles. The summed E-state index contributed by atoms with van der Waals surface area (Å²) in [5.74, 6) is 0.512. The molecular weight excluding hydrogens is 290 g/mol. The molecule has 2 heterocycles. The lowest BCUT2D eigenvalue weighted by Crippen LogP contribution is -2.03. The highest BCUT2D eigenvalue weighted by Crippen LogP contribution is 2.31. The Bertz CT molecular complexity index is 883. The molecule has 0 N–H and O–H groups in total. The molecule has 3 rings (SSSR count). The van der Waals surface area contributed by atoms with E-state index >= 15 is 0 Å². The third-order valence-electron chi connectivity index (χ3n) is 3.23. The van der Waals surface area contributed by atoms with E-state index in [9.17, 15) is 8.78 Å². The minimum Gasteiger partial charge on any atom is -0.496 e. The van der Waals surface area contributed by atoms with Crippen molar-refractivity contribution in [2.45, 2.75) is 6.43 Å². The fourth-order valence-corrected chi connectivity index (χ4v) is 2.21. The van der Waals surface area contributed by atoms with Gasteiger partial charge in [0.15, 0.2) is 5.65 Å². The molecule has 0 bridgehead atoms. The van der Waals surface area contributed by atoms with E-state index in [0.29, 0.717) is 17.0 Å². The number of benzene rings is 1. The van der Waals surface area contributed by atoms with Gasteiger partial charge < -0.3 is 4.74 Å². The second-order valence-corrected chi connectivity index (χ2v) is 4.47. The SMILES string of the molecule is COc1ccccc1-c1cc(C(F)F)n2ncc(C#N)c2n1. The van der Waals surface area contributed by atoms with Gasteiger partial charge in [-0.25, -0.2) is 18.3 Å². The average molecular weight is 300 g/mol. The molecule has 0 fully saturated rings. The molecule has 0 saturated carbocycles. The maximum Gasteiger partial charge on any atom is 0.280 e. The summed E-state index contributed by atoms with van der Waals surface area (Å²) in [6.45, 7) is 0. The molecule has 110 valence electrons. The fourth-order valence-electron chi connectivity index (χ4n) is 2.21. The van der Waals surface area contributed by atoms with Crippen molar-refractivity contribution in [3.63, 3.8) is 0 Å². The molecule has 2 aromatic heterocycles. The number of halogens is 2. The zero-order chi connectivity index (χ0) is 15.7. The molecule has 0 radical (unpaired) electrons. The van der Waals surface area contributed by atoms with E-state index in [4.69, 9.17) is 10.00 Å². The summed E-state index contributed by atoms with van der Waals surface area (Å²) in [6.07, 6.45) is -1.52. The van der Waals surface area contributed by atoms with Gasteiger partial charge in [0.05, 0.1) is 19.0 Å². The van der Waals surface area contributed by atoms with Crippen LogP contribution in [0.5, 0.6) is 5.75 Å². The lowest BCUT2D eigenvalue weighted by Gasteiger charge is -2.10. The van der Waals surface area contributed by atoms with Gasteiger partial charge in [-0.2, -0.15) is 10.4 Å². The second-order valence-electron chi connectivity index (χ2n) is 4.47. The predicted octanol–water partition coefficient (Wildman–Crippen LogP) is 3.21. The van der Waals surface area contributed by atoms with Crippen LogP contribution in [0, 0.1) is 11.3 Å². The van der Waals surface area contributed by atoms with Crippen LogP contribution in [0.4, 0.5) is 8.78 Å². The smallest absolute Gasteiger partial charge is 0.280 e. The topological polar surface area (TPSA) is 63.2 Å². The van der Waals surface area contributed by atoms with E-state index in [1.165, 1.54) is 19.4 Å². The molecule has 0 amide bonds. The van der Waals surface area contributed by atoms with E-state index in [-0.39, 0.29) is 16.9 Å². The number of methoxy groups -OCH3 is 1. The molecule has 0 spiro atoms. The lowest BCUT2D eigenvalue weighted by molar-refractivity contribution is 0.143. The summed E-state index contributed by atoms with van der Waals surface area (Å²) in [5.41, 5.74) is 0.781. The van der Waals surface area contributed by atoms with Gasteiger partial charge in [0, 0.05) is 5.56 Å². The summed E-state index contributed by atoms with van der Waals surface area (Å²) in [4.78, 5) is 4.29. The second kappa shape index (κ2) is 5.41. The van der Waals surface area contributed by atoms with Crippen LogP contribution in [0.2, 0.25) is 0 Å². The highest BCUT2D eigenvalue weighted by Gasteiger charge is 2.19. The van der Waals surface area contributed by atoms with Gasteiger partial charge in [0.25, 0.3) is 6.43 Å². The third kappa shape index (κ3) is 2.15. The predicted molar refractivity (Wildman–Crippen MR) is 74.6 cm³/mol. The van der Waals surface area contributed by atoms with Crippen molar-refractivity contribution >= 4 is 5.65 Å². The van der Waals surface area contributed by atoms with Gasteiger partial charge in [-0.15, -0.1) is 0 Å². The largest absolute Gasteiger partial charge is 0.496 e. The molecular formula is C15H10F2N4O. The van der Waals surface area contributed by atoms with Crippen LogP contribution in [0.1, 0.15) is 17.7 Å². The quantitative estimate of drug-likeness (QED) is 0.745. The van der Waals surface area contributed by atoms with Gasteiger partial charge in [0.1, 0.15) is 23.1 Å². The van der Waals surface area contributed by atoms with Crippen molar-refractivity contribution in [3.05, 3.63) is 47.8 Å². The van der Waals surface area contributed by atoms with E-state index in [1.54, 1.807) is 24.3 Å². The maximum atomic E-state index is 13.3. The van der Waals surface area contributed by atoms with E-state index < -0.39 is 6.43 Å². The van der Waals surface area contributed by atoms with E-state index in [0.717, 1.165) is 4.52 Å². The van der Waals surface area contributed by atoms with Crippen LogP contribution in [-0.2, 0) is 0 Å². The highest BCUT2D eigenvalue weighted by molar-refractivity contribution is 5.70. The highest BCUT2D eigenvalue weighted by atomic mass is 19.3. The summed E-state index contributed by atoms with van der Waals surface area (Å²) >= 11 is 0. The molecule has 22 heavy (non-hydrogen) atoms. The summed E-state index contributed by atoms with van der Waals surface area (Å²) < 4.78 is 32.8. The fraction of sp³-hybridized carbons (Fsp3) is 0.133. The van der Waals surface area contributed by atoms with Gasteiger partial charge in [-0.05, 0) is 18.2 Å². The van der Waals surface area contributed by atoms with E-state index in [2.05, 4.69) is 10.1 Å². The molecule has 0 saturated heterocycles. The first-order chi connectivity index (χ1) is 10.7. The first kappa shape index (κ1) is 13.9. The van der Waals surface area contributed by atoms with Crippen LogP contribution < -0.4 is 4.74 Å². The number of para-hydroxylation sites is 1. The Morgan fingerprint density at radius 1 is 1.32 bits per heavy atom. The number of nitrogens with zero attached hydrogens (tertiary/aromatic N) is 4. The monoisotopic (exact) mass is 300 g/mol.